The maximum absolute atomic E-state index is 15.0. The van der Waals surface area contributed by atoms with Crippen molar-refractivity contribution in [3.05, 3.63) is 47.7 Å². The minimum Gasteiger partial charge on any atom is -0.415 e. The Labute approximate surface area is 185 Å². The molecular formula is C20H20F3N5O3S. The number of hydrogen-bond acceptors (Lipinski definition) is 8. The topological polar surface area (TPSA) is 112 Å². The Hall–Kier alpha value is -2.86. The van der Waals surface area contributed by atoms with E-state index in [-0.39, 0.29) is 29.9 Å². The van der Waals surface area contributed by atoms with Crippen molar-refractivity contribution in [2.45, 2.75) is 31.6 Å². The molecule has 0 bridgehead atoms. The Morgan fingerprint density at radius 1 is 1.38 bits per heavy atom. The van der Waals surface area contributed by atoms with Crippen molar-refractivity contribution in [3.8, 4) is 5.88 Å². The van der Waals surface area contributed by atoms with Gasteiger partial charge in [-0.25, -0.2) is 19.4 Å². The summed E-state index contributed by atoms with van der Waals surface area (Å²) >= 11 is 1.43. The fourth-order valence-electron chi connectivity index (χ4n) is 3.87. The van der Waals surface area contributed by atoms with Crippen LogP contribution in [0.1, 0.15) is 29.4 Å². The number of aromatic nitrogens is 2. The SMILES string of the molecule is CC1CC2CSC(N)=NC2(c2cc(NC(=O)c3cnc(OC(F)F)cn3)ccc2F)CO1. The third kappa shape index (κ3) is 4.51. The van der Waals surface area contributed by atoms with Crippen LogP contribution in [0.15, 0.2) is 35.6 Å². The van der Waals surface area contributed by atoms with E-state index in [1.807, 2.05) is 6.92 Å². The van der Waals surface area contributed by atoms with Gasteiger partial charge in [-0.15, -0.1) is 0 Å². The summed E-state index contributed by atoms with van der Waals surface area (Å²) in [4.78, 5) is 24.5. The first kappa shape index (κ1) is 22.3. The number of carbonyl (C=O) groups excluding carboxylic acids is 1. The summed E-state index contributed by atoms with van der Waals surface area (Å²) in [5.74, 6) is -0.853. The molecule has 1 amide bonds. The molecule has 8 nitrogen and oxygen atoms in total. The number of rotatable bonds is 5. The van der Waals surface area contributed by atoms with Gasteiger partial charge in [-0.3, -0.25) is 4.79 Å². The Morgan fingerprint density at radius 3 is 2.91 bits per heavy atom. The highest BCUT2D eigenvalue weighted by molar-refractivity contribution is 8.13. The van der Waals surface area contributed by atoms with Gasteiger partial charge in [0.15, 0.2) is 5.17 Å². The maximum Gasteiger partial charge on any atom is 0.388 e. The number of benzene rings is 1. The van der Waals surface area contributed by atoms with Gasteiger partial charge in [-0.05, 0) is 31.5 Å². The number of amides is 1. The molecule has 1 aromatic carbocycles. The van der Waals surface area contributed by atoms with Gasteiger partial charge in [0.05, 0.1) is 25.1 Å². The molecule has 32 heavy (non-hydrogen) atoms. The second-order valence-corrected chi connectivity index (χ2v) is 8.55. The molecule has 4 rings (SSSR count). The molecule has 0 aliphatic carbocycles. The summed E-state index contributed by atoms with van der Waals surface area (Å²) in [7, 11) is 0. The van der Waals surface area contributed by atoms with Gasteiger partial charge in [0.2, 0.25) is 5.88 Å². The highest BCUT2D eigenvalue weighted by Crippen LogP contribution is 2.47. The van der Waals surface area contributed by atoms with Crippen molar-refractivity contribution in [2.75, 3.05) is 17.7 Å². The average Bonchev–Trinajstić information content (AvgIpc) is 2.75. The van der Waals surface area contributed by atoms with Gasteiger partial charge in [-0.2, -0.15) is 8.78 Å². The molecule has 2 aliphatic rings. The van der Waals surface area contributed by atoms with E-state index >= 15 is 0 Å². The van der Waals surface area contributed by atoms with E-state index in [1.54, 1.807) is 0 Å². The standard InChI is InChI=1S/C20H20F3N5O3S/c1-10-4-11-8-32-19(24)28-20(11,9-30-10)13-5-12(2-3-14(13)21)27-17(29)15-6-26-16(7-25-15)31-18(22)23/h2-3,5-7,10-11,18H,4,8-9H2,1H3,(H2,24,28)(H,27,29). The Kier molecular flexibility index (Phi) is 6.24. The van der Waals surface area contributed by atoms with E-state index in [2.05, 4.69) is 25.0 Å². The van der Waals surface area contributed by atoms with Gasteiger partial charge >= 0.3 is 6.61 Å². The fraction of sp³-hybridized carbons (Fsp3) is 0.400. The lowest BCUT2D eigenvalue weighted by atomic mass is 9.75. The number of halogens is 3. The van der Waals surface area contributed by atoms with Crippen LogP contribution in [0.25, 0.3) is 0 Å². The quantitative estimate of drug-likeness (QED) is 0.695. The zero-order valence-electron chi connectivity index (χ0n) is 16.9. The molecular weight excluding hydrogens is 447 g/mol. The summed E-state index contributed by atoms with van der Waals surface area (Å²) in [6, 6.07) is 4.16. The zero-order valence-corrected chi connectivity index (χ0v) is 17.7. The highest BCUT2D eigenvalue weighted by atomic mass is 32.2. The molecule has 3 heterocycles. The number of ether oxygens (including phenoxy) is 2. The molecule has 3 N–H and O–H groups in total. The lowest BCUT2D eigenvalue weighted by Gasteiger charge is -2.45. The summed E-state index contributed by atoms with van der Waals surface area (Å²) in [5, 5.41) is 2.97. The third-order valence-electron chi connectivity index (χ3n) is 5.38. The van der Waals surface area contributed by atoms with Crippen molar-refractivity contribution in [3.63, 3.8) is 0 Å². The van der Waals surface area contributed by atoms with Crippen molar-refractivity contribution in [1.82, 2.24) is 9.97 Å². The second kappa shape index (κ2) is 8.94. The van der Waals surface area contributed by atoms with Crippen LogP contribution in [-0.2, 0) is 10.3 Å². The van der Waals surface area contributed by atoms with Gasteiger partial charge in [0.1, 0.15) is 17.1 Å². The molecule has 1 fully saturated rings. The summed E-state index contributed by atoms with van der Waals surface area (Å²) in [6.07, 6.45) is 2.64. The molecule has 1 aromatic heterocycles. The zero-order chi connectivity index (χ0) is 22.9. The fourth-order valence-corrected chi connectivity index (χ4v) is 4.88. The predicted molar refractivity (Wildman–Crippen MR) is 112 cm³/mol. The second-order valence-electron chi connectivity index (χ2n) is 7.51. The first-order chi connectivity index (χ1) is 15.3. The third-order valence-corrected chi connectivity index (χ3v) is 6.34. The van der Waals surface area contributed by atoms with E-state index in [4.69, 9.17) is 10.5 Å². The van der Waals surface area contributed by atoms with Crippen LogP contribution < -0.4 is 15.8 Å². The first-order valence-electron chi connectivity index (χ1n) is 9.75. The number of nitrogens with one attached hydrogen (secondary N) is 1. The maximum atomic E-state index is 15.0. The monoisotopic (exact) mass is 467 g/mol. The van der Waals surface area contributed by atoms with Crippen LogP contribution in [-0.4, -0.2) is 46.1 Å². The van der Waals surface area contributed by atoms with Crippen LogP contribution in [0.3, 0.4) is 0 Å². The number of hydrogen-bond donors (Lipinski definition) is 2. The number of nitrogens with two attached hydrogens (primary N) is 1. The molecule has 0 saturated carbocycles. The normalized spacial score (nSPS) is 25.1. The molecule has 170 valence electrons. The smallest absolute Gasteiger partial charge is 0.388 e. The van der Waals surface area contributed by atoms with Crippen LogP contribution in [0.4, 0.5) is 18.9 Å². The van der Waals surface area contributed by atoms with E-state index in [0.29, 0.717) is 23.0 Å². The van der Waals surface area contributed by atoms with Crippen LogP contribution in [0, 0.1) is 11.7 Å². The minimum absolute atomic E-state index is 0.0113. The summed E-state index contributed by atoms with van der Waals surface area (Å²) < 4.78 is 49.4. The molecule has 3 atom stereocenters. The first-order valence-corrected chi connectivity index (χ1v) is 10.7. The number of alkyl halides is 2. The van der Waals surface area contributed by atoms with Gasteiger partial charge in [0.25, 0.3) is 5.91 Å². The minimum atomic E-state index is -3.05. The largest absolute Gasteiger partial charge is 0.415 e. The van der Waals surface area contributed by atoms with Crippen molar-refractivity contribution < 1.29 is 27.4 Å². The average molecular weight is 467 g/mol. The molecule has 12 heteroatoms. The Balaban J connectivity index is 1.60. The number of thioether (sulfide) groups is 1. The number of aliphatic imine (C=N–C) groups is 1. The Bertz CT molecular complexity index is 1040. The number of amidine groups is 1. The number of carbonyl (C=O) groups is 1. The molecule has 3 unspecified atom stereocenters. The molecule has 1 saturated heterocycles. The number of nitrogens with zero attached hydrogens (tertiary/aromatic N) is 3. The Morgan fingerprint density at radius 2 is 2.19 bits per heavy atom. The molecule has 2 aromatic rings. The number of anilines is 1. The van der Waals surface area contributed by atoms with Gasteiger partial charge < -0.3 is 20.5 Å². The van der Waals surface area contributed by atoms with E-state index in [9.17, 15) is 18.0 Å². The highest BCUT2D eigenvalue weighted by Gasteiger charge is 2.48. The van der Waals surface area contributed by atoms with E-state index in [0.717, 1.165) is 12.4 Å². The lowest BCUT2D eigenvalue weighted by Crippen LogP contribution is -2.50. The van der Waals surface area contributed by atoms with Crippen molar-refractivity contribution >= 4 is 28.5 Å². The van der Waals surface area contributed by atoms with Crippen molar-refractivity contribution in [2.24, 2.45) is 16.6 Å². The van der Waals surface area contributed by atoms with E-state index in [1.165, 1.54) is 30.0 Å². The number of fused-ring (bicyclic) bond motifs is 1. The summed E-state index contributed by atoms with van der Waals surface area (Å²) in [5.41, 5.74) is 5.45. The molecule has 2 aliphatic heterocycles. The van der Waals surface area contributed by atoms with Crippen LogP contribution in [0.2, 0.25) is 0 Å². The van der Waals surface area contributed by atoms with Gasteiger partial charge in [-0.1, -0.05) is 11.8 Å². The summed E-state index contributed by atoms with van der Waals surface area (Å²) in [6.45, 7) is -0.917. The molecule has 0 radical (unpaired) electrons. The van der Waals surface area contributed by atoms with E-state index < -0.39 is 29.8 Å². The predicted octanol–water partition coefficient (Wildman–Crippen LogP) is 3.15. The van der Waals surface area contributed by atoms with Crippen LogP contribution >= 0.6 is 11.8 Å². The molecule has 0 spiro atoms. The van der Waals surface area contributed by atoms with Gasteiger partial charge in [0, 0.05) is 22.9 Å². The van der Waals surface area contributed by atoms with Crippen LogP contribution in [0.5, 0.6) is 5.88 Å². The van der Waals surface area contributed by atoms with Crippen molar-refractivity contribution in [1.29, 1.82) is 0 Å². The lowest BCUT2D eigenvalue weighted by molar-refractivity contribution is -0.0531.